The highest BCUT2D eigenvalue weighted by Crippen LogP contribution is 2.29. The molecule has 8 nitrogen and oxygen atoms in total. The third-order valence-corrected chi connectivity index (χ3v) is 2.64. The molecule has 1 rings (SSSR count). The van der Waals surface area contributed by atoms with Gasteiger partial charge in [-0.05, 0) is 37.6 Å². The molecule has 1 amide bonds. The molecule has 0 spiro atoms. The normalized spacial score (nSPS) is 11.2. The predicted octanol–water partition coefficient (Wildman–Crippen LogP) is 1.50. The molecule has 0 bridgehead atoms. The molecule has 0 aliphatic heterocycles. The highest BCUT2D eigenvalue weighted by molar-refractivity contribution is 7.86. The summed E-state index contributed by atoms with van der Waals surface area (Å²) < 4.78 is 37.2. The number of hydrazone groups is 1. The van der Waals surface area contributed by atoms with E-state index in [0.29, 0.717) is 12.2 Å². The smallest absolute Gasteiger partial charge is 0.427 e. The zero-order valence-corrected chi connectivity index (χ0v) is 13.3. The van der Waals surface area contributed by atoms with Crippen molar-refractivity contribution in [1.29, 1.82) is 0 Å². The van der Waals surface area contributed by atoms with Gasteiger partial charge in [-0.15, -0.1) is 0 Å². The SMILES string of the molecule is CCOC(=O)NN=Cc1ccc(OS(C)(=O)=O)c(OCC)c1. The van der Waals surface area contributed by atoms with Crippen molar-refractivity contribution in [2.45, 2.75) is 13.8 Å². The monoisotopic (exact) mass is 330 g/mol. The van der Waals surface area contributed by atoms with Crippen LogP contribution in [0.3, 0.4) is 0 Å². The van der Waals surface area contributed by atoms with Gasteiger partial charge in [-0.25, -0.2) is 10.2 Å². The molecule has 0 heterocycles. The van der Waals surface area contributed by atoms with E-state index in [4.69, 9.17) is 8.92 Å². The molecule has 1 N–H and O–H groups in total. The third-order valence-electron chi connectivity index (χ3n) is 2.15. The van der Waals surface area contributed by atoms with Crippen molar-refractivity contribution in [1.82, 2.24) is 5.43 Å². The lowest BCUT2D eigenvalue weighted by molar-refractivity contribution is 0.152. The summed E-state index contributed by atoms with van der Waals surface area (Å²) >= 11 is 0. The van der Waals surface area contributed by atoms with Crippen LogP contribution in [-0.2, 0) is 14.9 Å². The standard InChI is InChI=1S/C13H18N2O6S/c1-4-19-12-8-10(9-14-15-13(16)20-5-2)6-7-11(12)21-22(3,17)18/h6-9H,4-5H2,1-3H3,(H,15,16). The van der Waals surface area contributed by atoms with Crippen LogP contribution in [0.2, 0.25) is 0 Å². The number of hydrogen-bond donors (Lipinski definition) is 1. The summed E-state index contributed by atoms with van der Waals surface area (Å²) in [6.07, 6.45) is 1.64. The van der Waals surface area contributed by atoms with Crippen molar-refractivity contribution < 1.29 is 26.9 Å². The summed E-state index contributed by atoms with van der Waals surface area (Å²) in [4.78, 5) is 11.1. The van der Waals surface area contributed by atoms with Crippen LogP contribution in [0, 0.1) is 0 Å². The number of carbonyl (C=O) groups is 1. The molecule has 122 valence electrons. The summed E-state index contributed by atoms with van der Waals surface area (Å²) in [6.45, 7) is 4.01. The van der Waals surface area contributed by atoms with Gasteiger partial charge in [0.05, 0.1) is 25.7 Å². The average Bonchev–Trinajstić information content (AvgIpc) is 2.41. The van der Waals surface area contributed by atoms with E-state index in [-0.39, 0.29) is 18.1 Å². The van der Waals surface area contributed by atoms with Crippen LogP contribution in [0.4, 0.5) is 4.79 Å². The van der Waals surface area contributed by atoms with Gasteiger partial charge in [-0.1, -0.05) is 0 Å². The van der Waals surface area contributed by atoms with E-state index in [0.717, 1.165) is 6.26 Å². The number of benzene rings is 1. The molecule has 0 fully saturated rings. The first-order valence-electron chi connectivity index (χ1n) is 6.47. The second-order valence-corrected chi connectivity index (χ2v) is 5.59. The van der Waals surface area contributed by atoms with Crippen LogP contribution in [0.5, 0.6) is 11.5 Å². The fourth-order valence-corrected chi connectivity index (χ4v) is 1.89. The molecule has 0 saturated heterocycles. The summed E-state index contributed by atoms with van der Waals surface area (Å²) in [6, 6.07) is 4.55. The van der Waals surface area contributed by atoms with Crippen molar-refractivity contribution in [3.63, 3.8) is 0 Å². The summed E-state index contributed by atoms with van der Waals surface area (Å²) in [5.74, 6) is 0.341. The Labute approximate surface area is 129 Å². The quantitative estimate of drug-likeness (QED) is 0.462. The minimum Gasteiger partial charge on any atom is -0.490 e. The Balaban J connectivity index is 2.88. The van der Waals surface area contributed by atoms with Gasteiger partial charge in [0.2, 0.25) is 0 Å². The van der Waals surface area contributed by atoms with E-state index in [1.165, 1.54) is 12.3 Å². The van der Waals surface area contributed by atoms with E-state index in [1.807, 2.05) is 0 Å². The Kier molecular flexibility index (Phi) is 6.64. The Morgan fingerprint density at radius 3 is 2.59 bits per heavy atom. The van der Waals surface area contributed by atoms with Gasteiger partial charge in [0, 0.05) is 0 Å². The molecule has 1 aromatic carbocycles. The molecule has 22 heavy (non-hydrogen) atoms. The molecule has 0 radical (unpaired) electrons. The molecular formula is C13H18N2O6S. The third kappa shape index (κ3) is 6.44. The van der Waals surface area contributed by atoms with Crippen molar-refractivity contribution >= 4 is 22.4 Å². The van der Waals surface area contributed by atoms with Crippen molar-refractivity contribution in [2.75, 3.05) is 19.5 Å². The second kappa shape index (κ2) is 8.23. The molecule has 9 heteroatoms. The molecule has 0 aromatic heterocycles. The maximum atomic E-state index is 11.2. The van der Waals surface area contributed by atoms with Gasteiger partial charge in [0.25, 0.3) is 0 Å². The van der Waals surface area contributed by atoms with Crippen molar-refractivity contribution in [3.05, 3.63) is 23.8 Å². The first-order chi connectivity index (χ1) is 10.4. The van der Waals surface area contributed by atoms with Crippen LogP contribution < -0.4 is 14.3 Å². The largest absolute Gasteiger partial charge is 0.490 e. The number of nitrogens with one attached hydrogen (secondary N) is 1. The lowest BCUT2D eigenvalue weighted by Gasteiger charge is -2.10. The lowest BCUT2D eigenvalue weighted by atomic mass is 10.2. The maximum Gasteiger partial charge on any atom is 0.427 e. The molecule has 0 saturated carbocycles. The summed E-state index contributed by atoms with van der Waals surface area (Å²) in [5, 5.41) is 3.70. The minimum absolute atomic E-state index is 0.0832. The van der Waals surface area contributed by atoms with Crippen LogP contribution in [0.1, 0.15) is 19.4 Å². The molecular weight excluding hydrogens is 312 g/mol. The Morgan fingerprint density at radius 2 is 2.00 bits per heavy atom. The number of nitrogens with zero attached hydrogens (tertiary/aromatic N) is 1. The summed E-state index contributed by atoms with van der Waals surface area (Å²) in [5.41, 5.74) is 2.76. The second-order valence-electron chi connectivity index (χ2n) is 4.02. The Hall–Kier alpha value is -2.29. The van der Waals surface area contributed by atoms with E-state index < -0.39 is 16.2 Å². The first-order valence-corrected chi connectivity index (χ1v) is 8.29. The van der Waals surface area contributed by atoms with Crippen LogP contribution in [0.25, 0.3) is 0 Å². The van der Waals surface area contributed by atoms with Crippen molar-refractivity contribution in [2.24, 2.45) is 5.10 Å². The zero-order chi connectivity index (χ0) is 16.6. The number of carbonyl (C=O) groups excluding carboxylic acids is 1. The molecule has 0 aliphatic rings. The van der Waals surface area contributed by atoms with Crippen LogP contribution in [0.15, 0.2) is 23.3 Å². The zero-order valence-electron chi connectivity index (χ0n) is 12.5. The average molecular weight is 330 g/mol. The highest BCUT2D eigenvalue weighted by atomic mass is 32.2. The fourth-order valence-electron chi connectivity index (χ4n) is 1.43. The molecule has 0 aliphatic carbocycles. The first kappa shape index (κ1) is 17.8. The minimum atomic E-state index is -3.65. The molecule has 0 atom stereocenters. The fraction of sp³-hybridized carbons (Fsp3) is 0.385. The Morgan fingerprint density at radius 1 is 1.27 bits per heavy atom. The van der Waals surface area contributed by atoms with Gasteiger partial charge >= 0.3 is 16.2 Å². The van der Waals surface area contributed by atoms with Gasteiger partial charge in [-0.2, -0.15) is 13.5 Å². The Bertz CT molecular complexity index is 642. The molecule has 0 unspecified atom stereocenters. The summed E-state index contributed by atoms with van der Waals surface area (Å²) in [7, 11) is -3.65. The van der Waals surface area contributed by atoms with Gasteiger partial charge in [0.1, 0.15) is 0 Å². The lowest BCUT2D eigenvalue weighted by Crippen LogP contribution is -2.18. The van der Waals surface area contributed by atoms with E-state index >= 15 is 0 Å². The predicted molar refractivity (Wildman–Crippen MR) is 80.8 cm³/mol. The topological polar surface area (TPSA) is 103 Å². The number of rotatable bonds is 7. The van der Waals surface area contributed by atoms with Crippen LogP contribution in [-0.4, -0.2) is 40.2 Å². The van der Waals surface area contributed by atoms with Gasteiger partial charge in [-0.3, -0.25) is 0 Å². The van der Waals surface area contributed by atoms with Crippen LogP contribution >= 0.6 is 0 Å². The maximum absolute atomic E-state index is 11.2. The van der Waals surface area contributed by atoms with E-state index in [1.54, 1.807) is 26.0 Å². The molecule has 1 aromatic rings. The number of amides is 1. The highest BCUT2D eigenvalue weighted by Gasteiger charge is 2.11. The number of hydrogen-bond acceptors (Lipinski definition) is 7. The van der Waals surface area contributed by atoms with E-state index in [2.05, 4.69) is 15.3 Å². The van der Waals surface area contributed by atoms with Crippen molar-refractivity contribution in [3.8, 4) is 11.5 Å². The van der Waals surface area contributed by atoms with Gasteiger partial charge < -0.3 is 13.7 Å². The number of ether oxygens (including phenoxy) is 2. The van der Waals surface area contributed by atoms with Gasteiger partial charge in [0.15, 0.2) is 11.5 Å². The van der Waals surface area contributed by atoms with E-state index in [9.17, 15) is 13.2 Å².